The average molecular weight is 204 g/mol. The third-order valence-electron chi connectivity index (χ3n) is 2.38. The number of urea groups is 1. The van der Waals surface area contributed by atoms with Crippen molar-refractivity contribution in [1.29, 1.82) is 0 Å². The number of nitrogens with zero attached hydrogens (tertiary/aromatic N) is 1. The number of halogens is 1. The van der Waals surface area contributed by atoms with Gasteiger partial charge in [0, 0.05) is 11.8 Å². The average Bonchev–Trinajstić information content (AvgIpc) is 2.51. The smallest absolute Gasteiger partial charge is 0.317 e. The second kappa shape index (κ2) is 3.74. The van der Waals surface area contributed by atoms with Crippen molar-refractivity contribution in [2.75, 3.05) is 24.6 Å². The van der Waals surface area contributed by atoms with Crippen LogP contribution in [0.5, 0.6) is 0 Å². The van der Waals surface area contributed by atoms with Crippen LogP contribution in [0.4, 0.5) is 9.18 Å². The Morgan fingerprint density at radius 2 is 2.31 bits per heavy atom. The third kappa shape index (κ3) is 2.07. The number of alkyl halides is 1. The zero-order valence-electron chi connectivity index (χ0n) is 7.33. The second-order valence-electron chi connectivity index (χ2n) is 3.51. The van der Waals surface area contributed by atoms with E-state index in [0.29, 0.717) is 6.04 Å². The van der Waals surface area contributed by atoms with Gasteiger partial charge in [-0.2, -0.15) is 11.8 Å². The van der Waals surface area contributed by atoms with E-state index in [4.69, 9.17) is 0 Å². The Bertz CT molecular complexity index is 202. The summed E-state index contributed by atoms with van der Waals surface area (Å²) in [7, 11) is 0. The lowest BCUT2D eigenvalue weighted by Crippen LogP contribution is -2.56. The van der Waals surface area contributed by atoms with Crippen LogP contribution in [0.1, 0.15) is 6.42 Å². The SMILES string of the molecule is O=C(NC1CCSC1)N1CC(F)C1. The fourth-order valence-electron chi connectivity index (χ4n) is 1.50. The molecule has 1 N–H and O–H groups in total. The van der Waals surface area contributed by atoms with Gasteiger partial charge in [-0.25, -0.2) is 9.18 Å². The van der Waals surface area contributed by atoms with Crippen molar-refractivity contribution in [3.63, 3.8) is 0 Å². The zero-order chi connectivity index (χ0) is 9.26. The van der Waals surface area contributed by atoms with E-state index < -0.39 is 6.17 Å². The van der Waals surface area contributed by atoms with E-state index in [0.717, 1.165) is 17.9 Å². The predicted molar refractivity (Wildman–Crippen MR) is 50.7 cm³/mol. The zero-order valence-corrected chi connectivity index (χ0v) is 8.15. The molecule has 0 radical (unpaired) electrons. The Morgan fingerprint density at radius 1 is 1.54 bits per heavy atom. The highest BCUT2D eigenvalue weighted by Gasteiger charge is 2.31. The molecule has 2 aliphatic heterocycles. The summed E-state index contributed by atoms with van der Waals surface area (Å²) in [5.74, 6) is 2.12. The molecule has 1 unspecified atom stereocenters. The fraction of sp³-hybridized carbons (Fsp3) is 0.875. The number of nitrogens with one attached hydrogen (secondary N) is 1. The molecule has 2 saturated heterocycles. The van der Waals surface area contributed by atoms with Crippen LogP contribution in [0.15, 0.2) is 0 Å². The lowest BCUT2D eigenvalue weighted by Gasteiger charge is -2.35. The van der Waals surface area contributed by atoms with Gasteiger partial charge in [0.2, 0.25) is 0 Å². The van der Waals surface area contributed by atoms with Gasteiger partial charge in [-0.3, -0.25) is 0 Å². The minimum Gasteiger partial charge on any atom is -0.334 e. The summed E-state index contributed by atoms with van der Waals surface area (Å²) in [6, 6.07) is 0.206. The van der Waals surface area contributed by atoms with Crippen LogP contribution < -0.4 is 5.32 Å². The van der Waals surface area contributed by atoms with E-state index in [1.807, 2.05) is 11.8 Å². The van der Waals surface area contributed by atoms with Crippen molar-refractivity contribution >= 4 is 17.8 Å². The molecule has 0 aromatic rings. The topological polar surface area (TPSA) is 32.3 Å². The summed E-state index contributed by atoms with van der Waals surface area (Å²) < 4.78 is 12.4. The molecule has 2 amide bonds. The van der Waals surface area contributed by atoms with E-state index in [2.05, 4.69) is 5.32 Å². The number of amides is 2. The molecule has 2 heterocycles. The summed E-state index contributed by atoms with van der Waals surface area (Å²) in [6.07, 6.45) is 0.243. The third-order valence-corrected chi connectivity index (χ3v) is 3.54. The Balaban J connectivity index is 1.72. The number of carbonyl (C=O) groups excluding carboxylic acids is 1. The molecule has 2 aliphatic rings. The van der Waals surface area contributed by atoms with Gasteiger partial charge in [-0.15, -0.1) is 0 Å². The molecule has 74 valence electrons. The van der Waals surface area contributed by atoms with Gasteiger partial charge in [0.1, 0.15) is 6.17 Å². The molecule has 0 aromatic heterocycles. The van der Waals surface area contributed by atoms with E-state index >= 15 is 0 Å². The van der Waals surface area contributed by atoms with Crippen molar-refractivity contribution in [3.8, 4) is 0 Å². The number of hydrogen-bond acceptors (Lipinski definition) is 2. The minimum atomic E-state index is -0.802. The van der Waals surface area contributed by atoms with E-state index in [1.54, 1.807) is 0 Å². The maximum absolute atomic E-state index is 12.4. The lowest BCUT2D eigenvalue weighted by molar-refractivity contribution is 0.0886. The minimum absolute atomic E-state index is 0.0959. The van der Waals surface area contributed by atoms with Gasteiger partial charge in [0.25, 0.3) is 0 Å². The Morgan fingerprint density at radius 3 is 2.85 bits per heavy atom. The fourth-order valence-corrected chi connectivity index (χ4v) is 2.66. The van der Waals surface area contributed by atoms with Gasteiger partial charge < -0.3 is 10.2 Å². The Labute approximate surface area is 81.0 Å². The van der Waals surface area contributed by atoms with Crippen molar-refractivity contribution < 1.29 is 9.18 Å². The first kappa shape index (κ1) is 9.12. The first-order valence-electron chi connectivity index (χ1n) is 4.53. The van der Waals surface area contributed by atoms with Gasteiger partial charge in [-0.1, -0.05) is 0 Å². The van der Waals surface area contributed by atoms with Crippen LogP contribution in [0.25, 0.3) is 0 Å². The summed E-state index contributed by atoms with van der Waals surface area (Å²) in [5, 5.41) is 2.90. The van der Waals surface area contributed by atoms with Crippen LogP contribution in [0.3, 0.4) is 0 Å². The van der Waals surface area contributed by atoms with E-state index in [1.165, 1.54) is 4.90 Å². The summed E-state index contributed by atoms with van der Waals surface area (Å²) in [4.78, 5) is 12.9. The van der Waals surface area contributed by atoms with E-state index in [-0.39, 0.29) is 19.1 Å². The highest BCUT2D eigenvalue weighted by Crippen LogP contribution is 2.18. The number of thioether (sulfide) groups is 1. The maximum Gasteiger partial charge on any atom is 0.317 e. The normalized spacial score (nSPS) is 28.7. The van der Waals surface area contributed by atoms with Gasteiger partial charge >= 0.3 is 6.03 Å². The van der Waals surface area contributed by atoms with Crippen molar-refractivity contribution in [1.82, 2.24) is 10.2 Å². The number of carbonyl (C=O) groups is 1. The highest BCUT2D eigenvalue weighted by atomic mass is 32.2. The first-order chi connectivity index (χ1) is 6.25. The molecule has 0 bridgehead atoms. The highest BCUT2D eigenvalue weighted by molar-refractivity contribution is 7.99. The molecule has 0 aromatic carbocycles. The predicted octanol–water partition coefficient (Wildman–Crippen LogP) is 0.855. The van der Waals surface area contributed by atoms with Crippen LogP contribution in [-0.4, -0.2) is 47.7 Å². The molecule has 2 rings (SSSR count). The van der Waals surface area contributed by atoms with Crippen molar-refractivity contribution in [3.05, 3.63) is 0 Å². The standard InChI is InChI=1S/C8H13FN2OS/c9-6-3-11(4-6)8(12)10-7-1-2-13-5-7/h6-7H,1-5H2,(H,10,12). The number of rotatable bonds is 1. The summed E-state index contributed by atoms with van der Waals surface area (Å²) in [5.41, 5.74) is 0. The number of hydrogen-bond donors (Lipinski definition) is 1. The van der Waals surface area contributed by atoms with Crippen LogP contribution in [0.2, 0.25) is 0 Å². The van der Waals surface area contributed by atoms with Crippen LogP contribution in [0, 0.1) is 0 Å². The molecule has 0 saturated carbocycles. The molecule has 3 nitrogen and oxygen atoms in total. The van der Waals surface area contributed by atoms with Crippen molar-refractivity contribution in [2.45, 2.75) is 18.6 Å². The molecule has 2 fully saturated rings. The maximum atomic E-state index is 12.4. The number of likely N-dealkylation sites (tertiary alicyclic amines) is 1. The van der Waals surface area contributed by atoms with E-state index in [9.17, 15) is 9.18 Å². The molecular weight excluding hydrogens is 191 g/mol. The molecule has 0 spiro atoms. The largest absolute Gasteiger partial charge is 0.334 e. The molecule has 5 heteroatoms. The molecule has 13 heavy (non-hydrogen) atoms. The Hall–Kier alpha value is -0.450. The first-order valence-corrected chi connectivity index (χ1v) is 5.68. The van der Waals surface area contributed by atoms with Crippen LogP contribution in [-0.2, 0) is 0 Å². The molecular formula is C8H13FN2OS. The summed E-state index contributed by atoms with van der Waals surface area (Å²) in [6.45, 7) is 0.539. The second-order valence-corrected chi connectivity index (χ2v) is 4.66. The summed E-state index contributed by atoms with van der Waals surface area (Å²) >= 11 is 1.85. The quantitative estimate of drug-likeness (QED) is 0.687. The monoisotopic (exact) mass is 204 g/mol. The Kier molecular flexibility index (Phi) is 2.62. The lowest BCUT2D eigenvalue weighted by atomic mass is 10.2. The van der Waals surface area contributed by atoms with Crippen LogP contribution >= 0.6 is 11.8 Å². The van der Waals surface area contributed by atoms with Crippen molar-refractivity contribution in [2.24, 2.45) is 0 Å². The van der Waals surface area contributed by atoms with Gasteiger partial charge in [0.05, 0.1) is 13.1 Å². The van der Waals surface area contributed by atoms with Gasteiger partial charge in [-0.05, 0) is 12.2 Å². The molecule has 1 atom stereocenters. The molecule has 0 aliphatic carbocycles. The van der Waals surface area contributed by atoms with Gasteiger partial charge in [0.15, 0.2) is 0 Å².